The summed E-state index contributed by atoms with van der Waals surface area (Å²) in [7, 11) is 0. The molecule has 1 aromatic heterocycles. The summed E-state index contributed by atoms with van der Waals surface area (Å²) < 4.78 is 6.86. The van der Waals surface area contributed by atoms with Gasteiger partial charge in [0.2, 0.25) is 0 Å². The Hall–Kier alpha value is -1.10. The Morgan fingerprint density at radius 2 is 2.12 bits per heavy atom. The molecule has 0 unspecified atom stereocenters. The number of hydrogen-bond donors (Lipinski definition) is 0. The third-order valence-corrected chi connectivity index (χ3v) is 2.80. The first kappa shape index (κ1) is 11.4. The molecule has 82 valence electrons. The van der Waals surface area contributed by atoms with Gasteiger partial charge in [-0.25, -0.2) is 0 Å². The van der Waals surface area contributed by atoms with Crippen molar-refractivity contribution in [1.29, 1.82) is 0 Å². The lowest BCUT2D eigenvalue weighted by atomic mass is 10.2. The summed E-state index contributed by atoms with van der Waals surface area (Å²) in [6.45, 7) is 2.59. The SMILES string of the molecule is Cc1cncc(COc2cccc(I)c2)c1. The number of halogens is 1. The van der Waals surface area contributed by atoms with E-state index >= 15 is 0 Å². The summed E-state index contributed by atoms with van der Waals surface area (Å²) in [5.74, 6) is 0.897. The Morgan fingerprint density at radius 1 is 1.25 bits per heavy atom. The first-order valence-electron chi connectivity index (χ1n) is 5.03. The topological polar surface area (TPSA) is 22.1 Å². The summed E-state index contributed by atoms with van der Waals surface area (Å²) in [6, 6.07) is 10.1. The average Bonchev–Trinajstić information content (AvgIpc) is 2.27. The zero-order valence-electron chi connectivity index (χ0n) is 8.98. The molecule has 3 heteroatoms. The fourth-order valence-corrected chi connectivity index (χ4v) is 1.93. The standard InChI is InChI=1S/C13H12INO/c1-10-5-11(8-15-7-10)9-16-13-4-2-3-12(14)6-13/h2-8H,9H2,1H3. The van der Waals surface area contributed by atoms with E-state index in [0.29, 0.717) is 6.61 Å². The van der Waals surface area contributed by atoms with Crippen molar-refractivity contribution in [3.05, 3.63) is 57.4 Å². The number of hydrogen-bond acceptors (Lipinski definition) is 2. The van der Waals surface area contributed by atoms with Gasteiger partial charge in [0.05, 0.1) is 0 Å². The van der Waals surface area contributed by atoms with Gasteiger partial charge in [-0.05, 0) is 59.3 Å². The maximum Gasteiger partial charge on any atom is 0.120 e. The Bertz CT molecular complexity index is 439. The monoisotopic (exact) mass is 325 g/mol. The Kier molecular flexibility index (Phi) is 3.77. The Morgan fingerprint density at radius 3 is 2.88 bits per heavy atom. The van der Waals surface area contributed by atoms with Crippen LogP contribution >= 0.6 is 22.6 Å². The van der Waals surface area contributed by atoms with E-state index in [1.807, 2.05) is 43.6 Å². The van der Waals surface area contributed by atoms with E-state index in [1.165, 1.54) is 3.57 Å². The van der Waals surface area contributed by atoms with Crippen molar-refractivity contribution in [2.75, 3.05) is 0 Å². The molecule has 1 heterocycles. The van der Waals surface area contributed by atoms with Crippen LogP contribution in [0.25, 0.3) is 0 Å². The number of aromatic nitrogens is 1. The third-order valence-electron chi connectivity index (χ3n) is 2.13. The predicted molar refractivity (Wildman–Crippen MR) is 72.5 cm³/mol. The van der Waals surface area contributed by atoms with Crippen molar-refractivity contribution in [2.24, 2.45) is 0 Å². The van der Waals surface area contributed by atoms with Gasteiger partial charge in [0.15, 0.2) is 0 Å². The largest absolute Gasteiger partial charge is 0.489 e. The minimum atomic E-state index is 0.564. The van der Waals surface area contributed by atoms with Gasteiger partial charge in [-0.2, -0.15) is 0 Å². The number of nitrogens with zero attached hydrogens (tertiary/aromatic N) is 1. The van der Waals surface area contributed by atoms with Crippen LogP contribution in [0.3, 0.4) is 0 Å². The molecule has 0 saturated heterocycles. The Labute approximate surface area is 109 Å². The van der Waals surface area contributed by atoms with Crippen molar-refractivity contribution in [3.63, 3.8) is 0 Å². The van der Waals surface area contributed by atoms with Gasteiger partial charge in [-0.1, -0.05) is 6.07 Å². The highest BCUT2D eigenvalue weighted by Gasteiger charge is 1.97. The second-order valence-corrected chi connectivity index (χ2v) is 4.86. The van der Waals surface area contributed by atoms with Crippen molar-refractivity contribution < 1.29 is 4.74 Å². The normalized spacial score (nSPS) is 10.1. The fraction of sp³-hybridized carbons (Fsp3) is 0.154. The van der Waals surface area contributed by atoms with E-state index in [-0.39, 0.29) is 0 Å². The smallest absolute Gasteiger partial charge is 0.120 e. The number of ether oxygens (including phenoxy) is 1. The maximum atomic E-state index is 5.68. The van der Waals surface area contributed by atoms with Crippen LogP contribution in [0.1, 0.15) is 11.1 Å². The van der Waals surface area contributed by atoms with E-state index in [1.54, 1.807) is 0 Å². The highest BCUT2D eigenvalue weighted by molar-refractivity contribution is 14.1. The van der Waals surface area contributed by atoms with Crippen molar-refractivity contribution in [2.45, 2.75) is 13.5 Å². The van der Waals surface area contributed by atoms with Crippen LogP contribution in [-0.2, 0) is 6.61 Å². The summed E-state index contributed by atoms with van der Waals surface area (Å²) in [6.07, 6.45) is 3.68. The lowest BCUT2D eigenvalue weighted by molar-refractivity contribution is 0.305. The van der Waals surface area contributed by atoms with Gasteiger partial charge in [0, 0.05) is 21.5 Å². The second-order valence-electron chi connectivity index (χ2n) is 3.62. The minimum absolute atomic E-state index is 0.564. The summed E-state index contributed by atoms with van der Waals surface area (Å²) in [4.78, 5) is 4.13. The quantitative estimate of drug-likeness (QED) is 0.805. The number of pyridine rings is 1. The lowest BCUT2D eigenvalue weighted by Gasteiger charge is -2.06. The fourth-order valence-electron chi connectivity index (χ4n) is 1.42. The molecule has 0 radical (unpaired) electrons. The molecule has 0 amide bonds. The van der Waals surface area contributed by atoms with Crippen LogP contribution in [-0.4, -0.2) is 4.98 Å². The van der Waals surface area contributed by atoms with Crippen LogP contribution < -0.4 is 4.74 Å². The molecule has 0 aliphatic carbocycles. The molecule has 0 saturated carbocycles. The van der Waals surface area contributed by atoms with Crippen LogP contribution in [0, 0.1) is 10.5 Å². The van der Waals surface area contributed by atoms with Crippen molar-refractivity contribution in [3.8, 4) is 5.75 Å². The van der Waals surface area contributed by atoms with E-state index in [4.69, 9.17) is 4.74 Å². The molecule has 0 fully saturated rings. The van der Waals surface area contributed by atoms with Crippen LogP contribution in [0.2, 0.25) is 0 Å². The van der Waals surface area contributed by atoms with E-state index < -0.39 is 0 Å². The van der Waals surface area contributed by atoms with E-state index in [9.17, 15) is 0 Å². The molecule has 2 aromatic rings. The van der Waals surface area contributed by atoms with Crippen molar-refractivity contribution >= 4 is 22.6 Å². The summed E-state index contributed by atoms with van der Waals surface area (Å²) in [5, 5.41) is 0. The maximum absolute atomic E-state index is 5.68. The van der Waals surface area contributed by atoms with Gasteiger partial charge >= 0.3 is 0 Å². The van der Waals surface area contributed by atoms with E-state index in [2.05, 4.69) is 33.6 Å². The third kappa shape index (κ3) is 3.20. The molecule has 0 aliphatic heterocycles. The van der Waals surface area contributed by atoms with Crippen LogP contribution in [0.5, 0.6) is 5.75 Å². The number of aryl methyl sites for hydroxylation is 1. The van der Waals surface area contributed by atoms with Gasteiger partial charge in [-0.15, -0.1) is 0 Å². The molecule has 2 rings (SSSR count). The van der Waals surface area contributed by atoms with Gasteiger partial charge in [-0.3, -0.25) is 4.98 Å². The molecular weight excluding hydrogens is 313 g/mol. The second kappa shape index (κ2) is 5.30. The summed E-state index contributed by atoms with van der Waals surface area (Å²) in [5.41, 5.74) is 2.25. The van der Waals surface area contributed by atoms with Crippen LogP contribution in [0.15, 0.2) is 42.7 Å². The molecule has 1 aromatic carbocycles. The van der Waals surface area contributed by atoms with Crippen molar-refractivity contribution in [1.82, 2.24) is 4.98 Å². The molecule has 0 spiro atoms. The summed E-state index contributed by atoms with van der Waals surface area (Å²) >= 11 is 2.27. The molecule has 0 bridgehead atoms. The molecule has 16 heavy (non-hydrogen) atoms. The zero-order chi connectivity index (χ0) is 11.4. The Balaban J connectivity index is 2.02. The molecular formula is C13H12INO. The molecule has 0 N–H and O–H groups in total. The van der Waals surface area contributed by atoms with Gasteiger partial charge < -0.3 is 4.74 Å². The van der Waals surface area contributed by atoms with E-state index in [0.717, 1.165) is 16.9 Å². The first-order valence-corrected chi connectivity index (χ1v) is 6.11. The van der Waals surface area contributed by atoms with Crippen LogP contribution in [0.4, 0.5) is 0 Å². The molecule has 2 nitrogen and oxygen atoms in total. The van der Waals surface area contributed by atoms with Gasteiger partial charge in [0.1, 0.15) is 12.4 Å². The average molecular weight is 325 g/mol. The lowest BCUT2D eigenvalue weighted by Crippen LogP contribution is -1.96. The van der Waals surface area contributed by atoms with Gasteiger partial charge in [0.25, 0.3) is 0 Å². The first-order chi connectivity index (χ1) is 7.74. The highest BCUT2D eigenvalue weighted by Crippen LogP contribution is 2.16. The molecule has 0 aliphatic rings. The number of benzene rings is 1. The predicted octanol–water partition coefficient (Wildman–Crippen LogP) is 3.57. The molecule has 0 atom stereocenters. The zero-order valence-corrected chi connectivity index (χ0v) is 11.1. The number of rotatable bonds is 3. The minimum Gasteiger partial charge on any atom is -0.489 e. The highest BCUT2D eigenvalue weighted by atomic mass is 127.